The molecule has 17 heavy (non-hydrogen) atoms. The monoisotopic (exact) mass is 238 g/mol. The molecule has 2 rings (SSSR count). The maximum absolute atomic E-state index is 12.0. The Kier molecular flexibility index (Phi) is 3.70. The summed E-state index contributed by atoms with van der Waals surface area (Å²) >= 11 is 0. The van der Waals surface area contributed by atoms with Crippen LogP contribution < -0.4 is 5.73 Å². The van der Waals surface area contributed by atoms with Gasteiger partial charge in [0.1, 0.15) is 0 Å². The molecule has 0 aliphatic carbocycles. The SMILES string of the molecule is CC(CN)N1CCN(C(=O)c2cn[nH]n2)CC1. The molecule has 1 aliphatic rings. The Morgan fingerprint density at radius 2 is 2.24 bits per heavy atom. The highest BCUT2D eigenvalue weighted by atomic mass is 16.2. The van der Waals surface area contributed by atoms with Crippen molar-refractivity contribution in [2.24, 2.45) is 5.73 Å². The van der Waals surface area contributed by atoms with Crippen LogP contribution in [0.15, 0.2) is 6.20 Å². The zero-order chi connectivity index (χ0) is 12.3. The van der Waals surface area contributed by atoms with Gasteiger partial charge in [-0.3, -0.25) is 9.69 Å². The molecule has 1 aromatic rings. The number of carbonyl (C=O) groups excluding carboxylic acids is 1. The molecule has 2 heterocycles. The van der Waals surface area contributed by atoms with Crippen LogP contribution in [0.4, 0.5) is 0 Å². The van der Waals surface area contributed by atoms with E-state index in [-0.39, 0.29) is 5.91 Å². The molecule has 0 spiro atoms. The number of aromatic amines is 1. The van der Waals surface area contributed by atoms with Crippen molar-refractivity contribution >= 4 is 5.91 Å². The Morgan fingerprint density at radius 3 is 2.76 bits per heavy atom. The standard InChI is InChI=1S/C10H18N6O/c1-8(6-11)15-2-4-16(5-3-15)10(17)9-7-12-14-13-9/h7-8H,2-6,11H2,1H3,(H,12,13,14). The van der Waals surface area contributed by atoms with Crippen LogP contribution in [-0.4, -0.2) is 69.9 Å². The molecule has 1 saturated heterocycles. The van der Waals surface area contributed by atoms with Crippen molar-refractivity contribution in [3.8, 4) is 0 Å². The van der Waals surface area contributed by atoms with Crippen LogP contribution in [-0.2, 0) is 0 Å². The van der Waals surface area contributed by atoms with Gasteiger partial charge in [-0.1, -0.05) is 0 Å². The molecule has 0 radical (unpaired) electrons. The number of piperazine rings is 1. The molecule has 3 N–H and O–H groups in total. The lowest BCUT2D eigenvalue weighted by Gasteiger charge is -2.37. The summed E-state index contributed by atoms with van der Waals surface area (Å²) in [6, 6.07) is 0.374. The minimum absolute atomic E-state index is 0.0567. The lowest BCUT2D eigenvalue weighted by Crippen LogP contribution is -2.52. The van der Waals surface area contributed by atoms with Crippen molar-refractivity contribution in [3.05, 3.63) is 11.9 Å². The van der Waals surface area contributed by atoms with E-state index in [2.05, 4.69) is 27.2 Å². The normalized spacial score (nSPS) is 19.3. The Hall–Kier alpha value is -1.47. The van der Waals surface area contributed by atoms with E-state index in [0.717, 1.165) is 26.2 Å². The van der Waals surface area contributed by atoms with Crippen molar-refractivity contribution in [2.45, 2.75) is 13.0 Å². The number of hydrogen-bond acceptors (Lipinski definition) is 5. The van der Waals surface area contributed by atoms with Gasteiger partial charge >= 0.3 is 0 Å². The maximum atomic E-state index is 12.0. The van der Waals surface area contributed by atoms with Crippen LogP contribution in [0.3, 0.4) is 0 Å². The Morgan fingerprint density at radius 1 is 1.53 bits per heavy atom. The average Bonchev–Trinajstić information content (AvgIpc) is 2.91. The molecule has 94 valence electrons. The number of nitrogens with one attached hydrogen (secondary N) is 1. The summed E-state index contributed by atoms with van der Waals surface area (Å²) in [6.07, 6.45) is 1.46. The van der Waals surface area contributed by atoms with Crippen LogP contribution in [0.5, 0.6) is 0 Å². The van der Waals surface area contributed by atoms with Gasteiger partial charge in [0.25, 0.3) is 5.91 Å². The summed E-state index contributed by atoms with van der Waals surface area (Å²) in [5.74, 6) is -0.0567. The lowest BCUT2D eigenvalue weighted by atomic mass is 10.2. The number of amides is 1. The number of H-pyrrole nitrogens is 1. The van der Waals surface area contributed by atoms with E-state index < -0.39 is 0 Å². The van der Waals surface area contributed by atoms with Gasteiger partial charge < -0.3 is 10.6 Å². The highest BCUT2D eigenvalue weighted by molar-refractivity contribution is 5.91. The van der Waals surface area contributed by atoms with E-state index in [9.17, 15) is 4.79 Å². The first kappa shape index (κ1) is 12.0. The van der Waals surface area contributed by atoms with Crippen molar-refractivity contribution in [1.82, 2.24) is 25.2 Å². The largest absolute Gasteiger partial charge is 0.335 e. The van der Waals surface area contributed by atoms with Crippen molar-refractivity contribution < 1.29 is 4.79 Å². The minimum atomic E-state index is -0.0567. The third-order valence-electron chi connectivity index (χ3n) is 3.20. The first-order chi connectivity index (χ1) is 8.22. The number of rotatable bonds is 3. The van der Waals surface area contributed by atoms with Crippen LogP contribution in [0, 0.1) is 0 Å². The zero-order valence-corrected chi connectivity index (χ0v) is 9.96. The summed E-state index contributed by atoms with van der Waals surface area (Å²) in [7, 11) is 0. The highest BCUT2D eigenvalue weighted by Crippen LogP contribution is 2.08. The second-order valence-corrected chi connectivity index (χ2v) is 4.27. The molecule has 0 aromatic carbocycles. The second-order valence-electron chi connectivity index (χ2n) is 4.27. The lowest BCUT2D eigenvalue weighted by molar-refractivity contribution is 0.0583. The van der Waals surface area contributed by atoms with E-state index in [1.807, 2.05) is 0 Å². The molecule has 7 nitrogen and oxygen atoms in total. The third kappa shape index (κ3) is 2.62. The summed E-state index contributed by atoms with van der Waals surface area (Å²) < 4.78 is 0. The highest BCUT2D eigenvalue weighted by Gasteiger charge is 2.25. The molecular weight excluding hydrogens is 220 g/mol. The molecule has 1 aromatic heterocycles. The summed E-state index contributed by atoms with van der Waals surface area (Å²) in [5.41, 5.74) is 6.01. The fourth-order valence-electron chi connectivity index (χ4n) is 1.98. The van der Waals surface area contributed by atoms with Crippen molar-refractivity contribution in [1.29, 1.82) is 0 Å². The Bertz CT molecular complexity index is 357. The molecular formula is C10H18N6O. The number of hydrogen-bond donors (Lipinski definition) is 2. The molecule has 1 fully saturated rings. The van der Waals surface area contributed by atoms with Gasteiger partial charge in [0, 0.05) is 38.8 Å². The predicted molar refractivity (Wildman–Crippen MR) is 62.4 cm³/mol. The van der Waals surface area contributed by atoms with E-state index in [4.69, 9.17) is 5.73 Å². The molecule has 1 unspecified atom stereocenters. The van der Waals surface area contributed by atoms with Gasteiger partial charge in [0.05, 0.1) is 6.20 Å². The van der Waals surface area contributed by atoms with E-state index in [1.54, 1.807) is 4.90 Å². The Labute approximate surface area is 100.0 Å². The van der Waals surface area contributed by atoms with Gasteiger partial charge in [-0.25, -0.2) is 0 Å². The summed E-state index contributed by atoms with van der Waals surface area (Å²) in [4.78, 5) is 16.1. The third-order valence-corrected chi connectivity index (χ3v) is 3.20. The van der Waals surface area contributed by atoms with Gasteiger partial charge in [-0.15, -0.1) is 0 Å². The smallest absolute Gasteiger partial charge is 0.276 e. The number of aromatic nitrogens is 3. The fourth-order valence-corrected chi connectivity index (χ4v) is 1.98. The van der Waals surface area contributed by atoms with E-state index in [0.29, 0.717) is 18.3 Å². The molecule has 1 amide bonds. The zero-order valence-electron chi connectivity index (χ0n) is 9.96. The van der Waals surface area contributed by atoms with Crippen molar-refractivity contribution in [3.63, 3.8) is 0 Å². The second kappa shape index (κ2) is 5.24. The van der Waals surface area contributed by atoms with Crippen LogP contribution >= 0.6 is 0 Å². The van der Waals surface area contributed by atoms with Crippen LogP contribution in [0.2, 0.25) is 0 Å². The summed E-state index contributed by atoms with van der Waals surface area (Å²) in [5, 5.41) is 9.90. The van der Waals surface area contributed by atoms with Gasteiger partial charge in [-0.05, 0) is 6.92 Å². The van der Waals surface area contributed by atoms with Gasteiger partial charge in [-0.2, -0.15) is 15.4 Å². The molecule has 1 aliphatic heterocycles. The predicted octanol–water partition coefficient (Wildman–Crippen LogP) is -1.09. The van der Waals surface area contributed by atoms with Crippen LogP contribution in [0.1, 0.15) is 17.4 Å². The molecule has 0 saturated carbocycles. The first-order valence-corrected chi connectivity index (χ1v) is 5.81. The van der Waals surface area contributed by atoms with E-state index in [1.165, 1.54) is 6.20 Å². The van der Waals surface area contributed by atoms with E-state index >= 15 is 0 Å². The van der Waals surface area contributed by atoms with Gasteiger partial charge in [0.15, 0.2) is 5.69 Å². The number of nitrogens with zero attached hydrogens (tertiary/aromatic N) is 4. The minimum Gasteiger partial charge on any atom is -0.335 e. The quantitative estimate of drug-likeness (QED) is 0.698. The average molecular weight is 238 g/mol. The first-order valence-electron chi connectivity index (χ1n) is 5.81. The number of nitrogens with two attached hydrogens (primary N) is 1. The number of carbonyl (C=O) groups is 1. The molecule has 1 atom stereocenters. The molecule has 0 bridgehead atoms. The maximum Gasteiger partial charge on any atom is 0.276 e. The molecule has 7 heteroatoms. The van der Waals surface area contributed by atoms with Gasteiger partial charge in [0.2, 0.25) is 0 Å². The fraction of sp³-hybridized carbons (Fsp3) is 0.700. The topological polar surface area (TPSA) is 91.1 Å². The summed E-state index contributed by atoms with van der Waals surface area (Å²) in [6.45, 7) is 5.92. The van der Waals surface area contributed by atoms with Crippen molar-refractivity contribution in [2.75, 3.05) is 32.7 Å². The van der Waals surface area contributed by atoms with Crippen LogP contribution in [0.25, 0.3) is 0 Å². The Balaban J connectivity index is 1.89.